The van der Waals surface area contributed by atoms with Gasteiger partial charge in [0.05, 0.1) is 21.2 Å². The van der Waals surface area contributed by atoms with E-state index in [1.807, 2.05) is 13.8 Å². The van der Waals surface area contributed by atoms with Crippen molar-refractivity contribution >= 4 is 21.2 Å². The summed E-state index contributed by atoms with van der Waals surface area (Å²) in [5.41, 5.74) is 6.22. The van der Waals surface area contributed by atoms with E-state index in [4.69, 9.17) is 0 Å². The topological polar surface area (TPSA) is 78.8 Å². The van der Waals surface area contributed by atoms with Gasteiger partial charge in [-0.15, -0.1) is 0 Å². The largest absolute Gasteiger partial charge is 0.508 e. The zero-order valence-electron chi connectivity index (χ0n) is 15.0. The zero-order valence-corrected chi connectivity index (χ0v) is 15.9. The number of aryl methyl sites for hydroxylation is 1. The molecule has 0 saturated heterocycles. The molecule has 5 nitrogen and oxygen atoms in total. The van der Waals surface area contributed by atoms with Gasteiger partial charge < -0.3 is 5.11 Å². The molecule has 0 heterocycles. The molecule has 3 aromatic rings. The van der Waals surface area contributed by atoms with Crippen molar-refractivity contribution in [3.63, 3.8) is 0 Å². The first-order valence-electron chi connectivity index (χ1n) is 8.38. The van der Waals surface area contributed by atoms with Crippen molar-refractivity contribution < 1.29 is 13.5 Å². The fourth-order valence-corrected chi connectivity index (χ4v) is 3.74. The van der Waals surface area contributed by atoms with Gasteiger partial charge in [-0.3, -0.25) is 5.43 Å². The van der Waals surface area contributed by atoms with Gasteiger partial charge in [-0.1, -0.05) is 17.7 Å². The van der Waals surface area contributed by atoms with Crippen LogP contribution < -0.4 is 5.43 Å². The number of aromatic hydroxyl groups is 1. The van der Waals surface area contributed by atoms with Gasteiger partial charge >= 0.3 is 0 Å². The number of phenolic OH excluding ortho intramolecular Hbond substituents is 1. The van der Waals surface area contributed by atoms with E-state index in [1.54, 1.807) is 72.8 Å². The highest BCUT2D eigenvalue weighted by molar-refractivity contribution is 7.91. The van der Waals surface area contributed by atoms with Gasteiger partial charge in [-0.25, -0.2) is 8.42 Å². The van der Waals surface area contributed by atoms with E-state index in [0.717, 1.165) is 16.8 Å². The van der Waals surface area contributed by atoms with E-state index in [1.165, 1.54) is 0 Å². The third kappa shape index (κ3) is 4.35. The Morgan fingerprint density at radius 1 is 0.852 bits per heavy atom. The Hall–Kier alpha value is -3.12. The summed E-state index contributed by atoms with van der Waals surface area (Å²) in [6.07, 6.45) is 0. The third-order valence-corrected chi connectivity index (χ3v) is 5.92. The molecule has 0 aliphatic carbocycles. The predicted octanol–water partition coefficient (Wildman–Crippen LogP) is 4.37. The average Bonchev–Trinajstić information content (AvgIpc) is 2.67. The molecule has 0 unspecified atom stereocenters. The molecule has 0 aromatic heterocycles. The maximum absolute atomic E-state index is 12.7. The quantitative estimate of drug-likeness (QED) is 0.509. The van der Waals surface area contributed by atoms with Crippen molar-refractivity contribution in [2.24, 2.45) is 5.10 Å². The van der Waals surface area contributed by atoms with Crippen molar-refractivity contribution in [1.82, 2.24) is 0 Å². The number of rotatable bonds is 5. The molecule has 138 valence electrons. The summed E-state index contributed by atoms with van der Waals surface area (Å²) < 4.78 is 25.3. The molecular weight excluding hydrogens is 360 g/mol. The molecule has 0 amide bonds. The number of nitrogens with one attached hydrogen (secondary N) is 1. The Balaban J connectivity index is 1.76. The van der Waals surface area contributed by atoms with Gasteiger partial charge in [-0.05, 0) is 80.1 Å². The molecule has 3 aromatic carbocycles. The van der Waals surface area contributed by atoms with Crippen molar-refractivity contribution in [1.29, 1.82) is 0 Å². The predicted molar refractivity (Wildman–Crippen MR) is 107 cm³/mol. The number of sulfone groups is 1. The second-order valence-corrected chi connectivity index (χ2v) is 8.15. The van der Waals surface area contributed by atoms with Crippen LogP contribution in [0.2, 0.25) is 0 Å². The van der Waals surface area contributed by atoms with E-state index in [0.29, 0.717) is 5.69 Å². The van der Waals surface area contributed by atoms with Gasteiger partial charge in [0.2, 0.25) is 9.84 Å². The van der Waals surface area contributed by atoms with Gasteiger partial charge in [0.25, 0.3) is 0 Å². The van der Waals surface area contributed by atoms with E-state index >= 15 is 0 Å². The Morgan fingerprint density at radius 3 is 1.93 bits per heavy atom. The number of hydrogen-bond acceptors (Lipinski definition) is 5. The molecule has 0 aliphatic heterocycles. The second kappa shape index (κ2) is 7.63. The second-order valence-electron chi connectivity index (χ2n) is 6.20. The summed E-state index contributed by atoms with van der Waals surface area (Å²) in [6, 6.07) is 20.0. The summed E-state index contributed by atoms with van der Waals surface area (Å²) in [4.78, 5) is 0.506. The van der Waals surface area contributed by atoms with Gasteiger partial charge in [0, 0.05) is 0 Å². The Bertz CT molecular complexity index is 1050. The third-order valence-electron chi connectivity index (χ3n) is 4.13. The highest BCUT2D eigenvalue weighted by Crippen LogP contribution is 2.22. The number of hydrogen-bond donors (Lipinski definition) is 2. The maximum atomic E-state index is 12.7. The number of phenols is 1. The lowest BCUT2D eigenvalue weighted by Crippen LogP contribution is -2.03. The van der Waals surface area contributed by atoms with Crippen LogP contribution in [0.3, 0.4) is 0 Å². The molecule has 3 rings (SSSR count). The van der Waals surface area contributed by atoms with Crippen LogP contribution >= 0.6 is 0 Å². The van der Waals surface area contributed by atoms with Crippen molar-refractivity contribution in [2.45, 2.75) is 23.6 Å². The van der Waals surface area contributed by atoms with Crippen LogP contribution in [0.15, 0.2) is 87.7 Å². The molecule has 6 heteroatoms. The molecule has 27 heavy (non-hydrogen) atoms. The minimum atomic E-state index is -3.54. The lowest BCUT2D eigenvalue weighted by atomic mass is 10.1. The van der Waals surface area contributed by atoms with Crippen LogP contribution in [0.25, 0.3) is 0 Å². The fourth-order valence-electron chi connectivity index (χ4n) is 2.48. The molecule has 0 bridgehead atoms. The highest BCUT2D eigenvalue weighted by Gasteiger charge is 2.17. The van der Waals surface area contributed by atoms with Crippen LogP contribution in [-0.4, -0.2) is 19.2 Å². The lowest BCUT2D eigenvalue weighted by molar-refractivity contribution is 0.475. The molecule has 0 spiro atoms. The first-order valence-corrected chi connectivity index (χ1v) is 9.86. The molecule has 0 atom stereocenters. The molecule has 0 saturated carbocycles. The first-order chi connectivity index (χ1) is 12.9. The number of nitrogens with zero attached hydrogens (tertiary/aromatic N) is 1. The van der Waals surface area contributed by atoms with Crippen LogP contribution in [0.5, 0.6) is 5.75 Å². The monoisotopic (exact) mass is 380 g/mol. The van der Waals surface area contributed by atoms with Crippen LogP contribution in [0.1, 0.15) is 18.1 Å². The zero-order chi connectivity index (χ0) is 19.4. The Kier molecular flexibility index (Phi) is 5.28. The number of benzene rings is 3. The molecular formula is C21H20N2O3S. The summed E-state index contributed by atoms with van der Waals surface area (Å²) in [6.45, 7) is 3.76. The van der Waals surface area contributed by atoms with Crippen LogP contribution in [0, 0.1) is 6.92 Å². The van der Waals surface area contributed by atoms with Gasteiger partial charge in [-0.2, -0.15) is 5.10 Å². The highest BCUT2D eigenvalue weighted by atomic mass is 32.2. The standard InChI is InChI=1S/C21H20N2O3S/c1-15-3-11-20(12-4-15)27(25,26)21-13-7-18(8-14-21)23-22-16(2)17-5-9-19(24)10-6-17/h3-14,23-24H,1-2H3/b22-16+. The van der Waals surface area contributed by atoms with E-state index < -0.39 is 9.84 Å². The summed E-state index contributed by atoms with van der Waals surface area (Å²) >= 11 is 0. The lowest BCUT2D eigenvalue weighted by Gasteiger charge is -2.07. The Labute approximate surface area is 158 Å². The fraction of sp³-hybridized carbons (Fsp3) is 0.0952. The van der Waals surface area contributed by atoms with Gasteiger partial charge in [0.15, 0.2) is 0 Å². The SMILES string of the molecule is C/C(=N\Nc1ccc(S(=O)(=O)c2ccc(C)cc2)cc1)c1ccc(O)cc1. The number of anilines is 1. The minimum absolute atomic E-state index is 0.199. The smallest absolute Gasteiger partial charge is 0.206 e. The normalized spacial score (nSPS) is 12.0. The van der Waals surface area contributed by atoms with Crippen molar-refractivity contribution in [3.8, 4) is 5.75 Å². The Morgan fingerprint density at radius 2 is 1.37 bits per heavy atom. The van der Waals surface area contributed by atoms with Crippen molar-refractivity contribution in [2.75, 3.05) is 5.43 Å². The molecule has 0 aliphatic rings. The minimum Gasteiger partial charge on any atom is -0.508 e. The average molecular weight is 380 g/mol. The first kappa shape index (κ1) is 18.7. The molecule has 0 radical (unpaired) electrons. The maximum Gasteiger partial charge on any atom is 0.206 e. The summed E-state index contributed by atoms with van der Waals surface area (Å²) in [5.74, 6) is 0.199. The number of hydrazone groups is 1. The van der Waals surface area contributed by atoms with E-state index in [-0.39, 0.29) is 15.5 Å². The molecule has 0 fully saturated rings. The summed E-state index contributed by atoms with van der Waals surface area (Å²) in [7, 11) is -3.54. The van der Waals surface area contributed by atoms with Gasteiger partial charge in [0.1, 0.15) is 5.75 Å². The van der Waals surface area contributed by atoms with Crippen LogP contribution in [-0.2, 0) is 9.84 Å². The van der Waals surface area contributed by atoms with Crippen LogP contribution in [0.4, 0.5) is 5.69 Å². The molecule has 2 N–H and O–H groups in total. The van der Waals surface area contributed by atoms with E-state index in [9.17, 15) is 13.5 Å². The van der Waals surface area contributed by atoms with Crippen molar-refractivity contribution in [3.05, 3.63) is 83.9 Å². The summed E-state index contributed by atoms with van der Waals surface area (Å²) in [5, 5.41) is 13.6. The van der Waals surface area contributed by atoms with E-state index in [2.05, 4.69) is 10.5 Å².